The molecule has 1 aromatic carbocycles. The predicted octanol–water partition coefficient (Wildman–Crippen LogP) is 4.35. The van der Waals surface area contributed by atoms with Crippen molar-refractivity contribution in [2.24, 2.45) is 5.41 Å². The van der Waals surface area contributed by atoms with E-state index in [2.05, 4.69) is 45.1 Å². The third-order valence-corrected chi connectivity index (χ3v) is 5.04. The highest BCUT2D eigenvalue weighted by atomic mass is 16.5. The Hall–Kier alpha value is -2.04. The second-order valence-corrected chi connectivity index (χ2v) is 7.77. The second kappa shape index (κ2) is 7.46. The normalized spacial score (nSPS) is 20.2. The van der Waals surface area contributed by atoms with E-state index in [0.29, 0.717) is 31.3 Å². The summed E-state index contributed by atoms with van der Waals surface area (Å²) in [6.07, 6.45) is 0.621. The van der Waals surface area contributed by atoms with E-state index in [9.17, 15) is 9.59 Å². The Kier molecular flexibility index (Phi) is 5.76. The van der Waals surface area contributed by atoms with Crippen molar-refractivity contribution in [2.45, 2.75) is 52.9 Å². The monoisotopic (exact) mass is 346 g/mol. The zero-order chi connectivity index (χ0) is 18.8. The first-order valence-corrected chi connectivity index (χ1v) is 8.96. The maximum Gasteiger partial charge on any atom is 0.321 e. The third-order valence-electron chi connectivity index (χ3n) is 5.04. The number of amides is 2. The second-order valence-electron chi connectivity index (χ2n) is 7.77. The van der Waals surface area contributed by atoms with Crippen LogP contribution in [0.25, 0.3) is 0 Å². The average Bonchev–Trinajstić information content (AvgIpc) is 2.97. The number of methoxy groups -OCH3 is 1. The van der Waals surface area contributed by atoms with Gasteiger partial charge in [-0.05, 0) is 36.3 Å². The van der Waals surface area contributed by atoms with Crippen molar-refractivity contribution in [2.75, 3.05) is 25.5 Å². The Morgan fingerprint density at radius 2 is 1.72 bits per heavy atom. The number of ether oxygens (including phenoxy) is 1. The summed E-state index contributed by atoms with van der Waals surface area (Å²) in [5.74, 6) is 0.370. The van der Waals surface area contributed by atoms with Crippen molar-refractivity contribution in [3.8, 4) is 0 Å². The Morgan fingerprint density at radius 1 is 1.16 bits per heavy atom. The molecule has 1 N–H and O–H groups in total. The van der Waals surface area contributed by atoms with Crippen LogP contribution < -0.4 is 5.32 Å². The molecule has 1 fully saturated rings. The number of nitrogens with zero attached hydrogens (tertiary/aromatic N) is 1. The molecule has 5 heteroatoms. The number of hydrogen-bond acceptors (Lipinski definition) is 3. The highest BCUT2D eigenvalue weighted by molar-refractivity contribution is 5.92. The fourth-order valence-electron chi connectivity index (χ4n) is 3.43. The summed E-state index contributed by atoms with van der Waals surface area (Å²) in [7, 11) is 1.39. The smallest absolute Gasteiger partial charge is 0.321 e. The van der Waals surface area contributed by atoms with Crippen LogP contribution in [0.4, 0.5) is 10.5 Å². The van der Waals surface area contributed by atoms with Gasteiger partial charge >= 0.3 is 12.0 Å². The maximum atomic E-state index is 12.8. The summed E-state index contributed by atoms with van der Waals surface area (Å²) < 4.78 is 4.89. The van der Waals surface area contributed by atoms with Crippen LogP contribution in [-0.2, 0) is 9.53 Å². The fraction of sp³-hybridized carbons (Fsp3) is 0.600. The Balaban J connectivity index is 2.23. The molecule has 2 rings (SSSR count). The van der Waals surface area contributed by atoms with Gasteiger partial charge in [0.05, 0.1) is 12.5 Å². The molecule has 1 aliphatic heterocycles. The zero-order valence-electron chi connectivity index (χ0n) is 16.2. The number of nitrogens with one attached hydrogen (secondary N) is 1. The Morgan fingerprint density at radius 3 is 2.20 bits per heavy atom. The summed E-state index contributed by atoms with van der Waals surface area (Å²) >= 11 is 0. The van der Waals surface area contributed by atoms with E-state index in [1.165, 1.54) is 7.11 Å². The van der Waals surface area contributed by atoms with Gasteiger partial charge in [0.2, 0.25) is 0 Å². The van der Waals surface area contributed by atoms with Crippen LogP contribution in [0.1, 0.15) is 64.0 Å². The SMILES string of the molecule is COC(=O)C1(C)CCN(C(=O)Nc2c(C(C)C)cccc2C(C)C)C1. The number of hydrogen-bond donors (Lipinski definition) is 1. The molecule has 1 aromatic rings. The molecule has 0 spiro atoms. The number of esters is 1. The molecule has 5 nitrogen and oxygen atoms in total. The number of para-hydroxylation sites is 1. The van der Waals surface area contributed by atoms with E-state index in [1.54, 1.807) is 4.90 Å². The highest BCUT2D eigenvalue weighted by Gasteiger charge is 2.43. The lowest BCUT2D eigenvalue weighted by atomic mass is 9.90. The molecule has 25 heavy (non-hydrogen) atoms. The first-order valence-electron chi connectivity index (χ1n) is 8.96. The van der Waals surface area contributed by atoms with E-state index in [0.717, 1.165) is 16.8 Å². The van der Waals surface area contributed by atoms with Crippen LogP contribution in [0.3, 0.4) is 0 Å². The van der Waals surface area contributed by atoms with E-state index >= 15 is 0 Å². The lowest BCUT2D eigenvalue weighted by Crippen LogP contribution is -2.38. The molecule has 0 aromatic heterocycles. The van der Waals surface area contributed by atoms with Gasteiger partial charge < -0.3 is 15.0 Å². The van der Waals surface area contributed by atoms with Gasteiger partial charge in [0.25, 0.3) is 0 Å². The van der Waals surface area contributed by atoms with Crippen LogP contribution in [0, 0.1) is 5.41 Å². The molecule has 1 saturated heterocycles. The minimum Gasteiger partial charge on any atom is -0.469 e. The van der Waals surface area contributed by atoms with E-state index < -0.39 is 5.41 Å². The topological polar surface area (TPSA) is 58.6 Å². The minimum absolute atomic E-state index is 0.150. The Labute approximate surface area is 150 Å². The molecular formula is C20H30N2O3. The summed E-state index contributed by atoms with van der Waals surface area (Å²) in [5.41, 5.74) is 2.55. The minimum atomic E-state index is -0.621. The van der Waals surface area contributed by atoms with Gasteiger partial charge in [-0.25, -0.2) is 4.79 Å². The van der Waals surface area contributed by atoms with Crippen molar-refractivity contribution >= 4 is 17.7 Å². The van der Waals surface area contributed by atoms with Crippen molar-refractivity contribution in [3.63, 3.8) is 0 Å². The summed E-state index contributed by atoms with van der Waals surface area (Å²) in [6, 6.07) is 6.02. The van der Waals surface area contributed by atoms with Gasteiger partial charge in [0, 0.05) is 18.8 Å². The van der Waals surface area contributed by atoms with Crippen LogP contribution in [-0.4, -0.2) is 37.1 Å². The summed E-state index contributed by atoms with van der Waals surface area (Å²) in [6.45, 7) is 11.3. The van der Waals surface area contributed by atoms with Crippen molar-refractivity contribution in [1.29, 1.82) is 0 Å². The quantitative estimate of drug-likeness (QED) is 0.825. The van der Waals surface area contributed by atoms with Crippen LogP contribution in [0.2, 0.25) is 0 Å². The standard InChI is InChI=1S/C20H30N2O3/c1-13(2)15-8-7-9-16(14(3)4)17(15)21-19(24)22-11-10-20(5,12-22)18(23)25-6/h7-9,13-14H,10-12H2,1-6H3,(H,21,24). The first-order chi connectivity index (χ1) is 11.7. The number of carbonyl (C=O) groups is 2. The fourth-order valence-corrected chi connectivity index (χ4v) is 3.43. The molecular weight excluding hydrogens is 316 g/mol. The number of carbonyl (C=O) groups excluding carboxylic acids is 2. The number of urea groups is 1. The molecule has 138 valence electrons. The van der Waals surface area contributed by atoms with Crippen LogP contribution in [0.15, 0.2) is 18.2 Å². The maximum absolute atomic E-state index is 12.8. The van der Waals surface area contributed by atoms with Gasteiger partial charge in [-0.15, -0.1) is 0 Å². The molecule has 0 radical (unpaired) electrons. The number of benzene rings is 1. The molecule has 1 aliphatic rings. The molecule has 1 atom stereocenters. The molecule has 1 unspecified atom stereocenters. The zero-order valence-corrected chi connectivity index (χ0v) is 16.2. The molecule has 0 bridgehead atoms. The van der Waals surface area contributed by atoms with Gasteiger partial charge in [0.1, 0.15) is 0 Å². The highest BCUT2D eigenvalue weighted by Crippen LogP contribution is 2.34. The lowest BCUT2D eigenvalue weighted by molar-refractivity contribution is -0.150. The van der Waals surface area contributed by atoms with Crippen molar-refractivity contribution < 1.29 is 14.3 Å². The largest absolute Gasteiger partial charge is 0.469 e. The van der Waals surface area contributed by atoms with Crippen molar-refractivity contribution in [3.05, 3.63) is 29.3 Å². The van der Waals surface area contributed by atoms with Crippen LogP contribution >= 0.6 is 0 Å². The van der Waals surface area contributed by atoms with E-state index in [1.807, 2.05) is 13.0 Å². The average molecular weight is 346 g/mol. The predicted molar refractivity (Wildman–Crippen MR) is 100.0 cm³/mol. The number of likely N-dealkylation sites (tertiary alicyclic amines) is 1. The number of rotatable bonds is 4. The summed E-state index contributed by atoms with van der Waals surface area (Å²) in [5, 5.41) is 3.11. The van der Waals surface area contributed by atoms with Gasteiger partial charge in [0.15, 0.2) is 0 Å². The molecule has 0 saturated carbocycles. The van der Waals surface area contributed by atoms with Gasteiger partial charge in [-0.1, -0.05) is 45.9 Å². The number of anilines is 1. The van der Waals surface area contributed by atoms with Gasteiger partial charge in [-0.3, -0.25) is 4.79 Å². The third kappa shape index (κ3) is 3.97. The molecule has 1 heterocycles. The first kappa shape index (κ1) is 19.3. The van der Waals surface area contributed by atoms with Crippen LogP contribution in [0.5, 0.6) is 0 Å². The summed E-state index contributed by atoms with van der Waals surface area (Å²) in [4.78, 5) is 26.5. The van der Waals surface area contributed by atoms with Gasteiger partial charge in [-0.2, -0.15) is 0 Å². The van der Waals surface area contributed by atoms with E-state index in [4.69, 9.17) is 4.74 Å². The van der Waals surface area contributed by atoms with E-state index in [-0.39, 0.29) is 12.0 Å². The lowest BCUT2D eigenvalue weighted by Gasteiger charge is -2.25. The Bertz CT molecular complexity index is 628. The molecule has 2 amide bonds. The van der Waals surface area contributed by atoms with Crippen molar-refractivity contribution in [1.82, 2.24) is 4.90 Å². The molecule has 0 aliphatic carbocycles.